The average molecular weight is 258 g/mol. The van der Waals surface area contributed by atoms with Crippen LogP contribution in [-0.2, 0) is 9.59 Å². The summed E-state index contributed by atoms with van der Waals surface area (Å²) in [7, 11) is 0. The number of rotatable bonds is 9. The summed E-state index contributed by atoms with van der Waals surface area (Å²) >= 11 is 0. The molecule has 0 aromatic rings. The number of carboxylic acids is 1. The van der Waals surface area contributed by atoms with Crippen LogP contribution in [0.2, 0.25) is 0 Å². The van der Waals surface area contributed by atoms with E-state index < -0.39 is 5.97 Å². The number of aliphatic carboxylic acids is 1. The minimum absolute atomic E-state index is 0.0522. The van der Waals surface area contributed by atoms with Crippen LogP contribution in [0.3, 0.4) is 0 Å². The SMILES string of the molecule is CCCCC(C)C(C)C(CC(=O)O)NC(=O)CN. The standard InChI is InChI=1S/C13H26N2O3/c1-4-5-6-9(2)10(3)11(7-13(17)18)15-12(16)8-14/h9-11H,4-8,14H2,1-3H3,(H,15,16)(H,17,18). The lowest BCUT2D eigenvalue weighted by molar-refractivity contribution is -0.138. The lowest BCUT2D eigenvalue weighted by Crippen LogP contribution is -2.45. The Morgan fingerprint density at radius 3 is 2.39 bits per heavy atom. The second kappa shape index (κ2) is 8.91. The number of amides is 1. The molecule has 0 aromatic carbocycles. The van der Waals surface area contributed by atoms with Gasteiger partial charge in [-0.05, 0) is 11.8 Å². The van der Waals surface area contributed by atoms with Gasteiger partial charge in [-0.15, -0.1) is 0 Å². The highest BCUT2D eigenvalue weighted by Gasteiger charge is 2.25. The first kappa shape index (κ1) is 16.9. The van der Waals surface area contributed by atoms with Crippen LogP contribution in [0, 0.1) is 11.8 Å². The van der Waals surface area contributed by atoms with Gasteiger partial charge in [0.25, 0.3) is 0 Å². The van der Waals surface area contributed by atoms with Gasteiger partial charge in [-0.2, -0.15) is 0 Å². The molecule has 106 valence electrons. The number of carbonyl (C=O) groups excluding carboxylic acids is 1. The number of hydrogen-bond acceptors (Lipinski definition) is 3. The molecule has 0 spiro atoms. The molecule has 0 aliphatic rings. The van der Waals surface area contributed by atoms with Crippen LogP contribution in [0.5, 0.6) is 0 Å². The van der Waals surface area contributed by atoms with Crippen LogP contribution in [0.1, 0.15) is 46.5 Å². The number of unbranched alkanes of at least 4 members (excludes halogenated alkanes) is 1. The Labute approximate surface area is 109 Å². The van der Waals surface area contributed by atoms with Crippen LogP contribution in [-0.4, -0.2) is 29.6 Å². The Morgan fingerprint density at radius 2 is 1.94 bits per heavy atom. The number of carbonyl (C=O) groups is 2. The molecule has 0 fully saturated rings. The van der Waals surface area contributed by atoms with Crippen molar-refractivity contribution in [2.24, 2.45) is 17.6 Å². The molecule has 0 aliphatic heterocycles. The molecule has 0 bridgehead atoms. The molecule has 3 unspecified atom stereocenters. The molecule has 0 saturated carbocycles. The van der Waals surface area contributed by atoms with Crippen molar-refractivity contribution in [3.8, 4) is 0 Å². The van der Waals surface area contributed by atoms with Crippen molar-refractivity contribution in [2.45, 2.75) is 52.5 Å². The van der Waals surface area contributed by atoms with E-state index in [0.29, 0.717) is 5.92 Å². The second-order valence-electron chi connectivity index (χ2n) is 4.95. The van der Waals surface area contributed by atoms with Crippen molar-refractivity contribution in [2.75, 3.05) is 6.54 Å². The molecule has 5 nitrogen and oxygen atoms in total. The largest absolute Gasteiger partial charge is 0.481 e. The zero-order valence-corrected chi connectivity index (χ0v) is 11.6. The van der Waals surface area contributed by atoms with Gasteiger partial charge < -0.3 is 16.2 Å². The van der Waals surface area contributed by atoms with E-state index >= 15 is 0 Å². The van der Waals surface area contributed by atoms with Crippen molar-refractivity contribution in [3.63, 3.8) is 0 Å². The first-order valence-corrected chi connectivity index (χ1v) is 6.63. The van der Waals surface area contributed by atoms with Gasteiger partial charge in [-0.1, -0.05) is 40.0 Å². The fourth-order valence-corrected chi connectivity index (χ4v) is 2.01. The normalized spacial score (nSPS) is 15.8. The summed E-state index contributed by atoms with van der Waals surface area (Å²) in [6.45, 7) is 6.11. The predicted octanol–water partition coefficient (Wildman–Crippen LogP) is 1.37. The Bertz CT molecular complexity index is 269. The van der Waals surface area contributed by atoms with Crippen molar-refractivity contribution < 1.29 is 14.7 Å². The van der Waals surface area contributed by atoms with E-state index in [1.165, 1.54) is 0 Å². The fourth-order valence-electron chi connectivity index (χ4n) is 2.01. The number of nitrogens with one attached hydrogen (secondary N) is 1. The van der Waals surface area contributed by atoms with Crippen LogP contribution < -0.4 is 11.1 Å². The maximum atomic E-state index is 11.3. The Morgan fingerprint density at radius 1 is 1.33 bits per heavy atom. The summed E-state index contributed by atoms with van der Waals surface area (Å²) in [5.41, 5.74) is 5.25. The van der Waals surface area contributed by atoms with Gasteiger partial charge in [0.05, 0.1) is 13.0 Å². The van der Waals surface area contributed by atoms with E-state index in [-0.39, 0.29) is 30.8 Å². The van der Waals surface area contributed by atoms with Crippen LogP contribution in [0.4, 0.5) is 0 Å². The number of nitrogens with two attached hydrogens (primary N) is 1. The molecule has 0 heterocycles. The first-order valence-electron chi connectivity index (χ1n) is 6.63. The molecule has 0 radical (unpaired) electrons. The van der Waals surface area contributed by atoms with Crippen molar-refractivity contribution in [1.82, 2.24) is 5.32 Å². The Hall–Kier alpha value is -1.10. The molecule has 0 aliphatic carbocycles. The minimum atomic E-state index is -0.896. The van der Waals surface area contributed by atoms with Crippen molar-refractivity contribution >= 4 is 11.9 Å². The molecule has 0 saturated heterocycles. The van der Waals surface area contributed by atoms with Gasteiger partial charge in [0.2, 0.25) is 5.91 Å². The topological polar surface area (TPSA) is 92.4 Å². The van der Waals surface area contributed by atoms with E-state index in [2.05, 4.69) is 19.2 Å². The molecule has 3 atom stereocenters. The summed E-state index contributed by atoms with van der Waals surface area (Å²) in [5.74, 6) is -0.682. The maximum absolute atomic E-state index is 11.3. The minimum Gasteiger partial charge on any atom is -0.481 e. The van der Waals surface area contributed by atoms with Gasteiger partial charge in [-0.3, -0.25) is 9.59 Å². The molecule has 1 amide bonds. The molecule has 4 N–H and O–H groups in total. The second-order valence-corrected chi connectivity index (χ2v) is 4.95. The Kier molecular flexibility index (Phi) is 8.37. The highest BCUT2D eigenvalue weighted by molar-refractivity contribution is 5.79. The fraction of sp³-hybridized carbons (Fsp3) is 0.846. The van der Waals surface area contributed by atoms with Gasteiger partial charge in [0.1, 0.15) is 0 Å². The highest BCUT2D eigenvalue weighted by Crippen LogP contribution is 2.22. The monoisotopic (exact) mass is 258 g/mol. The lowest BCUT2D eigenvalue weighted by atomic mass is 9.84. The van der Waals surface area contributed by atoms with E-state index in [1.54, 1.807) is 0 Å². The number of carboxylic acid groups (broad SMARTS) is 1. The maximum Gasteiger partial charge on any atom is 0.305 e. The van der Waals surface area contributed by atoms with Crippen LogP contribution in [0.25, 0.3) is 0 Å². The van der Waals surface area contributed by atoms with Crippen molar-refractivity contribution in [1.29, 1.82) is 0 Å². The summed E-state index contributed by atoms with van der Waals surface area (Å²) in [4.78, 5) is 22.2. The van der Waals surface area contributed by atoms with Gasteiger partial charge in [0.15, 0.2) is 0 Å². The first-order chi connectivity index (χ1) is 8.42. The van der Waals surface area contributed by atoms with Gasteiger partial charge in [-0.25, -0.2) is 0 Å². The van der Waals surface area contributed by atoms with E-state index in [9.17, 15) is 9.59 Å². The third-order valence-corrected chi connectivity index (χ3v) is 3.47. The molecular formula is C13H26N2O3. The third-order valence-electron chi connectivity index (χ3n) is 3.47. The molecule has 0 rings (SSSR count). The van der Waals surface area contributed by atoms with Crippen LogP contribution >= 0.6 is 0 Å². The summed E-state index contributed by atoms with van der Waals surface area (Å²) < 4.78 is 0. The molecule has 18 heavy (non-hydrogen) atoms. The van der Waals surface area contributed by atoms with E-state index in [4.69, 9.17) is 10.8 Å². The summed E-state index contributed by atoms with van der Waals surface area (Å²) in [6, 6.07) is -0.342. The third kappa shape index (κ3) is 6.59. The molecular weight excluding hydrogens is 232 g/mol. The van der Waals surface area contributed by atoms with Crippen molar-refractivity contribution in [3.05, 3.63) is 0 Å². The van der Waals surface area contributed by atoms with E-state index in [0.717, 1.165) is 19.3 Å². The summed E-state index contributed by atoms with van der Waals surface area (Å²) in [5, 5.41) is 11.6. The van der Waals surface area contributed by atoms with Crippen LogP contribution in [0.15, 0.2) is 0 Å². The highest BCUT2D eigenvalue weighted by atomic mass is 16.4. The Balaban J connectivity index is 4.51. The lowest BCUT2D eigenvalue weighted by Gasteiger charge is -2.28. The molecule has 5 heteroatoms. The number of hydrogen-bond donors (Lipinski definition) is 3. The predicted molar refractivity (Wildman–Crippen MR) is 71.1 cm³/mol. The zero-order chi connectivity index (χ0) is 14.1. The van der Waals surface area contributed by atoms with E-state index in [1.807, 2.05) is 6.92 Å². The average Bonchev–Trinajstić information content (AvgIpc) is 2.33. The quantitative estimate of drug-likeness (QED) is 0.582. The smallest absolute Gasteiger partial charge is 0.305 e. The zero-order valence-electron chi connectivity index (χ0n) is 11.6. The van der Waals surface area contributed by atoms with Gasteiger partial charge >= 0.3 is 5.97 Å². The summed E-state index contributed by atoms with van der Waals surface area (Å²) in [6.07, 6.45) is 3.24. The van der Waals surface area contributed by atoms with Gasteiger partial charge in [0, 0.05) is 6.04 Å². The molecule has 0 aromatic heterocycles.